The Bertz CT molecular complexity index is 463. The van der Waals surface area contributed by atoms with Crippen LogP contribution in [-0.4, -0.2) is 25.0 Å². The van der Waals surface area contributed by atoms with E-state index < -0.39 is 23.7 Å². The summed E-state index contributed by atoms with van der Waals surface area (Å²) in [5, 5.41) is 2.33. The Morgan fingerprint density at radius 2 is 2.17 bits per heavy atom. The molecule has 0 aliphatic carbocycles. The van der Waals surface area contributed by atoms with Gasteiger partial charge in [0.05, 0.1) is 24.4 Å². The zero-order chi connectivity index (χ0) is 13.7. The van der Waals surface area contributed by atoms with E-state index in [1.165, 1.54) is 19.2 Å². The molecule has 0 aliphatic rings. The lowest BCUT2D eigenvalue weighted by molar-refractivity contribution is -0.117. The molecule has 0 saturated carbocycles. The summed E-state index contributed by atoms with van der Waals surface area (Å²) in [6, 6.07) is 2.85. The van der Waals surface area contributed by atoms with Crippen LogP contribution in [0.5, 0.6) is 0 Å². The Balaban J connectivity index is 2.94. The van der Waals surface area contributed by atoms with Crippen LogP contribution in [0, 0.1) is 5.82 Å². The van der Waals surface area contributed by atoms with Gasteiger partial charge in [-0.1, -0.05) is 6.92 Å². The Morgan fingerprint density at radius 1 is 1.50 bits per heavy atom. The fourth-order valence-electron chi connectivity index (χ4n) is 1.28. The van der Waals surface area contributed by atoms with Crippen molar-refractivity contribution in [1.82, 2.24) is 0 Å². The highest BCUT2D eigenvalue weighted by atomic mass is 19.1. The van der Waals surface area contributed by atoms with Gasteiger partial charge in [-0.05, 0) is 24.6 Å². The van der Waals surface area contributed by atoms with E-state index in [9.17, 15) is 14.0 Å². The van der Waals surface area contributed by atoms with Crippen LogP contribution in [0.3, 0.4) is 0 Å². The molecule has 6 heteroatoms. The number of carbonyl (C=O) groups is 2. The summed E-state index contributed by atoms with van der Waals surface area (Å²) in [6.45, 7) is 1.74. The quantitative estimate of drug-likeness (QED) is 0.793. The molecule has 0 heterocycles. The predicted molar refractivity (Wildman–Crippen MR) is 64.6 cm³/mol. The standard InChI is InChI=1S/C12H15FN2O3/c1-3-9(14)11(16)15-10-6-7(12(17)18-2)4-5-8(10)13/h4-6,9H,3,14H2,1-2H3,(H,15,16)/t9-/m1/s1. The number of amides is 1. The van der Waals surface area contributed by atoms with E-state index in [0.29, 0.717) is 6.42 Å². The van der Waals surface area contributed by atoms with Crippen LogP contribution >= 0.6 is 0 Å². The van der Waals surface area contributed by atoms with Crippen LogP contribution in [0.4, 0.5) is 10.1 Å². The molecule has 18 heavy (non-hydrogen) atoms. The van der Waals surface area contributed by atoms with Gasteiger partial charge in [-0.2, -0.15) is 0 Å². The number of nitrogens with two attached hydrogens (primary N) is 1. The number of anilines is 1. The van der Waals surface area contributed by atoms with E-state index in [1.807, 2.05) is 0 Å². The molecule has 0 saturated heterocycles. The first-order valence-electron chi connectivity index (χ1n) is 5.44. The summed E-state index contributed by atoms with van der Waals surface area (Å²) >= 11 is 0. The fraction of sp³-hybridized carbons (Fsp3) is 0.333. The molecule has 0 radical (unpaired) electrons. The average Bonchev–Trinajstić information content (AvgIpc) is 2.39. The van der Waals surface area contributed by atoms with Crippen LogP contribution in [0.15, 0.2) is 18.2 Å². The Labute approximate surface area is 104 Å². The predicted octanol–water partition coefficient (Wildman–Crippen LogP) is 1.29. The number of methoxy groups -OCH3 is 1. The van der Waals surface area contributed by atoms with Gasteiger partial charge in [0.15, 0.2) is 0 Å². The van der Waals surface area contributed by atoms with Crippen molar-refractivity contribution in [3.05, 3.63) is 29.6 Å². The van der Waals surface area contributed by atoms with Crippen molar-refractivity contribution in [2.45, 2.75) is 19.4 Å². The molecular weight excluding hydrogens is 239 g/mol. The highest BCUT2D eigenvalue weighted by molar-refractivity contribution is 5.96. The van der Waals surface area contributed by atoms with Gasteiger partial charge < -0.3 is 15.8 Å². The van der Waals surface area contributed by atoms with Crippen LogP contribution in [0.25, 0.3) is 0 Å². The molecule has 1 atom stereocenters. The fourth-order valence-corrected chi connectivity index (χ4v) is 1.28. The van der Waals surface area contributed by atoms with Crippen molar-refractivity contribution in [1.29, 1.82) is 0 Å². The van der Waals surface area contributed by atoms with Crippen LogP contribution in [0.1, 0.15) is 23.7 Å². The first-order valence-corrected chi connectivity index (χ1v) is 5.44. The van der Waals surface area contributed by atoms with E-state index in [1.54, 1.807) is 6.92 Å². The molecule has 3 N–H and O–H groups in total. The largest absolute Gasteiger partial charge is 0.465 e. The number of halogens is 1. The van der Waals surface area contributed by atoms with Gasteiger partial charge in [0, 0.05) is 0 Å². The number of ether oxygens (including phenoxy) is 1. The minimum Gasteiger partial charge on any atom is -0.465 e. The monoisotopic (exact) mass is 254 g/mol. The maximum absolute atomic E-state index is 13.5. The molecule has 0 bridgehead atoms. The summed E-state index contributed by atoms with van der Waals surface area (Å²) in [6.07, 6.45) is 0.435. The van der Waals surface area contributed by atoms with Crippen LogP contribution < -0.4 is 11.1 Å². The molecule has 1 amide bonds. The summed E-state index contributed by atoms with van der Waals surface area (Å²) in [4.78, 5) is 22.8. The highest BCUT2D eigenvalue weighted by Gasteiger charge is 2.15. The van der Waals surface area contributed by atoms with E-state index in [-0.39, 0.29) is 11.3 Å². The molecule has 1 aromatic rings. The van der Waals surface area contributed by atoms with Crippen molar-refractivity contribution in [3.63, 3.8) is 0 Å². The number of nitrogens with one attached hydrogen (secondary N) is 1. The van der Waals surface area contributed by atoms with Gasteiger partial charge in [-0.25, -0.2) is 9.18 Å². The second kappa shape index (κ2) is 6.11. The Hall–Kier alpha value is -1.95. The Kier molecular flexibility index (Phi) is 4.79. The third-order valence-corrected chi connectivity index (χ3v) is 2.42. The summed E-state index contributed by atoms with van der Waals surface area (Å²) in [7, 11) is 1.22. The first kappa shape index (κ1) is 14.1. The number of benzene rings is 1. The van der Waals surface area contributed by atoms with Crippen molar-refractivity contribution in [2.24, 2.45) is 5.73 Å². The minimum atomic E-state index is -0.716. The molecule has 0 spiro atoms. The van der Waals surface area contributed by atoms with Gasteiger partial charge in [0.25, 0.3) is 0 Å². The SMILES string of the molecule is CC[C@@H](N)C(=O)Nc1cc(C(=O)OC)ccc1F. The number of hydrogen-bond acceptors (Lipinski definition) is 4. The lowest BCUT2D eigenvalue weighted by atomic mass is 10.1. The van der Waals surface area contributed by atoms with Crippen molar-refractivity contribution < 1.29 is 18.7 Å². The Morgan fingerprint density at radius 3 is 2.72 bits per heavy atom. The number of carbonyl (C=O) groups excluding carboxylic acids is 2. The molecule has 1 rings (SSSR count). The van der Waals surface area contributed by atoms with E-state index in [0.717, 1.165) is 6.07 Å². The third kappa shape index (κ3) is 3.27. The maximum Gasteiger partial charge on any atom is 0.337 e. The van der Waals surface area contributed by atoms with Gasteiger partial charge in [-0.15, -0.1) is 0 Å². The van der Waals surface area contributed by atoms with Gasteiger partial charge in [0.1, 0.15) is 5.82 Å². The van der Waals surface area contributed by atoms with Gasteiger partial charge >= 0.3 is 5.97 Å². The smallest absolute Gasteiger partial charge is 0.337 e. The van der Waals surface area contributed by atoms with E-state index in [2.05, 4.69) is 10.1 Å². The maximum atomic E-state index is 13.5. The average molecular weight is 254 g/mol. The lowest BCUT2D eigenvalue weighted by Gasteiger charge is -2.11. The second-order valence-electron chi connectivity index (χ2n) is 3.69. The minimum absolute atomic E-state index is 0.0909. The molecule has 1 aromatic carbocycles. The third-order valence-electron chi connectivity index (χ3n) is 2.42. The first-order chi connectivity index (χ1) is 8.49. The lowest BCUT2D eigenvalue weighted by Crippen LogP contribution is -2.35. The highest BCUT2D eigenvalue weighted by Crippen LogP contribution is 2.17. The molecule has 0 aliphatic heterocycles. The summed E-state index contributed by atoms with van der Waals surface area (Å²) in [5.41, 5.74) is 5.57. The second-order valence-corrected chi connectivity index (χ2v) is 3.69. The zero-order valence-corrected chi connectivity index (χ0v) is 10.2. The number of rotatable bonds is 4. The molecule has 0 fully saturated rings. The van der Waals surface area contributed by atoms with Crippen LogP contribution in [0.2, 0.25) is 0 Å². The van der Waals surface area contributed by atoms with Crippen LogP contribution in [-0.2, 0) is 9.53 Å². The van der Waals surface area contributed by atoms with Gasteiger partial charge in [-0.3, -0.25) is 4.79 Å². The van der Waals surface area contributed by atoms with Crippen molar-refractivity contribution in [3.8, 4) is 0 Å². The summed E-state index contributed by atoms with van der Waals surface area (Å²) < 4.78 is 18.0. The number of hydrogen-bond donors (Lipinski definition) is 2. The molecule has 0 unspecified atom stereocenters. The molecule has 98 valence electrons. The van der Waals surface area contributed by atoms with Crippen molar-refractivity contribution in [2.75, 3.05) is 12.4 Å². The number of esters is 1. The van der Waals surface area contributed by atoms with E-state index in [4.69, 9.17) is 5.73 Å². The van der Waals surface area contributed by atoms with Gasteiger partial charge in [0.2, 0.25) is 5.91 Å². The molecular formula is C12H15FN2O3. The summed E-state index contributed by atoms with van der Waals surface area (Å²) in [5.74, 6) is -1.75. The molecule has 5 nitrogen and oxygen atoms in total. The normalized spacial score (nSPS) is 11.8. The topological polar surface area (TPSA) is 81.4 Å². The molecule has 0 aromatic heterocycles. The van der Waals surface area contributed by atoms with E-state index >= 15 is 0 Å². The zero-order valence-electron chi connectivity index (χ0n) is 10.2. The van der Waals surface area contributed by atoms with Crippen molar-refractivity contribution >= 4 is 17.6 Å².